The first-order valence-electron chi connectivity index (χ1n) is 12.9. The van der Waals surface area contributed by atoms with E-state index in [0.717, 1.165) is 44.3 Å². The van der Waals surface area contributed by atoms with Crippen molar-refractivity contribution < 1.29 is 4.79 Å². The summed E-state index contributed by atoms with van der Waals surface area (Å²) in [6, 6.07) is 15.7. The first-order chi connectivity index (χ1) is 16.6. The highest BCUT2D eigenvalue weighted by Gasteiger charge is 2.42. The molecule has 4 saturated heterocycles. The number of hydrogen-bond donors (Lipinski definition) is 2. The van der Waals surface area contributed by atoms with Gasteiger partial charge in [-0.2, -0.15) is 0 Å². The summed E-state index contributed by atoms with van der Waals surface area (Å²) in [6.45, 7) is 7.23. The molecule has 4 fully saturated rings. The van der Waals surface area contributed by atoms with Gasteiger partial charge >= 0.3 is 6.03 Å². The summed E-state index contributed by atoms with van der Waals surface area (Å²) in [7, 11) is 0. The molecule has 2 aromatic rings. The van der Waals surface area contributed by atoms with Gasteiger partial charge in [-0.15, -0.1) is 0 Å². The second kappa shape index (κ2) is 9.19. The Hall–Kier alpha value is -2.64. The van der Waals surface area contributed by atoms with Gasteiger partial charge in [0, 0.05) is 68.7 Å². The van der Waals surface area contributed by atoms with Crippen molar-refractivity contribution in [2.24, 2.45) is 17.8 Å². The molecule has 1 aromatic carbocycles. The zero-order chi connectivity index (χ0) is 23.1. The van der Waals surface area contributed by atoms with E-state index in [9.17, 15) is 9.59 Å². The zero-order valence-corrected chi connectivity index (χ0v) is 19.7. The SMILES string of the molecule is O=C(NC[C@@H]1C[C@H]2CCN1C[C@@H]2CN1C[C@H]2C[C@H](C1)c1cccc(=O)n1C2)Nc1ccccc1. The van der Waals surface area contributed by atoms with Crippen LogP contribution in [0.1, 0.15) is 30.9 Å². The maximum atomic E-state index is 12.3. The summed E-state index contributed by atoms with van der Waals surface area (Å²) in [5.41, 5.74) is 2.22. The van der Waals surface area contributed by atoms with Gasteiger partial charge < -0.3 is 20.1 Å². The summed E-state index contributed by atoms with van der Waals surface area (Å²) < 4.78 is 2.02. The minimum Gasteiger partial charge on any atom is -0.336 e. The molecule has 5 aliphatic rings. The van der Waals surface area contributed by atoms with Crippen molar-refractivity contribution >= 4 is 11.7 Å². The molecule has 180 valence electrons. The van der Waals surface area contributed by atoms with Gasteiger partial charge in [0.1, 0.15) is 0 Å². The molecule has 2 N–H and O–H groups in total. The molecule has 1 unspecified atom stereocenters. The number of nitrogens with zero attached hydrogens (tertiary/aromatic N) is 3. The topological polar surface area (TPSA) is 69.6 Å². The molecule has 6 atom stereocenters. The molecule has 0 spiro atoms. The average molecular weight is 462 g/mol. The monoisotopic (exact) mass is 461 g/mol. The number of fused-ring (bicyclic) bond motifs is 7. The second-order valence-electron chi connectivity index (χ2n) is 10.8. The van der Waals surface area contributed by atoms with Crippen LogP contribution in [0.2, 0.25) is 0 Å². The third kappa shape index (κ3) is 4.39. The largest absolute Gasteiger partial charge is 0.336 e. The van der Waals surface area contributed by atoms with E-state index >= 15 is 0 Å². The minimum absolute atomic E-state index is 0.121. The lowest BCUT2D eigenvalue weighted by molar-refractivity contribution is -0.0192. The zero-order valence-electron chi connectivity index (χ0n) is 19.7. The van der Waals surface area contributed by atoms with E-state index < -0.39 is 0 Å². The number of likely N-dealkylation sites (tertiary alicyclic amines) is 1. The van der Waals surface area contributed by atoms with Gasteiger partial charge in [-0.1, -0.05) is 24.3 Å². The highest BCUT2D eigenvalue weighted by molar-refractivity contribution is 5.89. The van der Waals surface area contributed by atoms with Crippen LogP contribution in [-0.2, 0) is 6.54 Å². The molecular formula is C27H35N5O2. The Kier molecular flexibility index (Phi) is 5.91. The Balaban J connectivity index is 1.02. The van der Waals surface area contributed by atoms with Gasteiger partial charge in [0.05, 0.1) is 0 Å². The first-order valence-corrected chi connectivity index (χ1v) is 12.9. The van der Waals surface area contributed by atoms with E-state index in [1.807, 2.05) is 41.0 Å². The molecule has 7 rings (SSSR count). The van der Waals surface area contributed by atoms with Crippen molar-refractivity contribution in [1.82, 2.24) is 19.7 Å². The molecule has 1 aromatic heterocycles. The van der Waals surface area contributed by atoms with Crippen molar-refractivity contribution in [3.05, 3.63) is 64.6 Å². The van der Waals surface area contributed by atoms with Crippen molar-refractivity contribution in [1.29, 1.82) is 0 Å². The fourth-order valence-electron chi connectivity index (χ4n) is 7.05. The third-order valence-corrected chi connectivity index (χ3v) is 8.59. The molecule has 5 aliphatic heterocycles. The van der Waals surface area contributed by atoms with Crippen LogP contribution >= 0.6 is 0 Å². The van der Waals surface area contributed by atoms with E-state index in [4.69, 9.17) is 0 Å². The number of benzene rings is 1. The maximum Gasteiger partial charge on any atom is 0.319 e. The van der Waals surface area contributed by atoms with E-state index in [2.05, 4.69) is 26.5 Å². The van der Waals surface area contributed by atoms with Crippen LogP contribution in [0.3, 0.4) is 0 Å². The number of hydrogen-bond acceptors (Lipinski definition) is 4. The number of piperidine rings is 4. The number of pyridine rings is 1. The molecule has 34 heavy (non-hydrogen) atoms. The number of nitrogens with one attached hydrogen (secondary N) is 2. The standard InChI is InChI=1S/C27H35N5O2/c33-26-8-4-7-25-21-11-19(15-32(25)26)14-30(16-21)17-22-18-31-10-9-20(22)12-24(31)13-28-27(34)29-23-5-2-1-3-6-23/h1-8,19-22,24H,9-18H2,(H2,28,29,34)/t19-,20-,21-,22+,24+/m1/s1. The summed E-state index contributed by atoms with van der Waals surface area (Å²) in [6.07, 6.45) is 3.67. The Labute approximate surface area is 201 Å². The van der Waals surface area contributed by atoms with Crippen LogP contribution < -0.4 is 16.2 Å². The van der Waals surface area contributed by atoms with Gasteiger partial charge in [-0.05, 0) is 61.8 Å². The van der Waals surface area contributed by atoms with E-state index in [-0.39, 0.29) is 11.6 Å². The molecule has 7 nitrogen and oxygen atoms in total. The van der Waals surface area contributed by atoms with Gasteiger partial charge in [0.2, 0.25) is 0 Å². The highest BCUT2D eigenvalue weighted by atomic mass is 16.2. The quantitative estimate of drug-likeness (QED) is 0.719. The number of amides is 2. The number of aromatic nitrogens is 1. The smallest absolute Gasteiger partial charge is 0.319 e. The van der Waals surface area contributed by atoms with Crippen LogP contribution in [0.5, 0.6) is 0 Å². The molecule has 0 saturated carbocycles. The highest BCUT2D eigenvalue weighted by Crippen LogP contribution is 2.39. The summed E-state index contributed by atoms with van der Waals surface area (Å²) >= 11 is 0. The number of carbonyl (C=O) groups excluding carboxylic acids is 1. The second-order valence-corrected chi connectivity index (χ2v) is 10.8. The molecule has 4 bridgehead atoms. The first kappa shape index (κ1) is 21.9. The van der Waals surface area contributed by atoms with Crippen molar-refractivity contribution in [2.75, 3.05) is 44.6 Å². The van der Waals surface area contributed by atoms with Gasteiger partial charge in [-0.25, -0.2) is 4.79 Å². The van der Waals surface area contributed by atoms with Gasteiger partial charge in [-0.3, -0.25) is 9.69 Å². The molecule has 0 aliphatic carbocycles. The van der Waals surface area contributed by atoms with Crippen molar-refractivity contribution in [3.8, 4) is 0 Å². The number of anilines is 1. The van der Waals surface area contributed by atoms with E-state index in [1.165, 1.54) is 31.5 Å². The van der Waals surface area contributed by atoms with E-state index in [0.29, 0.717) is 30.3 Å². The molecule has 6 heterocycles. The Morgan fingerprint density at radius 3 is 2.68 bits per heavy atom. The predicted molar refractivity (Wildman–Crippen MR) is 133 cm³/mol. The average Bonchev–Trinajstić information content (AvgIpc) is 2.85. The van der Waals surface area contributed by atoms with Gasteiger partial charge in [0.25, 0.3) is 5.56 Å². The lowest BCUT2D eigenvalue weighted by Crippen LogP contribution is -2.59. The van der Waals surface area contributed by atoms with Crippen molar-refractivity contribution in [2.45, 2.75) is 37.8 Å². The third-order valence-electron chi connectivity index (χ3n) is 8.59. The lowest BCUT2D eigenvalue weighted by Gasteiger charge is -2.52. The van der Waals surface area contributed by atoms with Crippen LogP contribution in [-0.4, -0.2) is 65.7 Å². The van der Waals surface area contributed by atoms with Gasteiger partial charge in [0.15, 0.2) is 0 Å². The van der Waals surface area contributed by atoms with Crippen LogP contribution in [0.25, 0.3) is 0 Å². The molecule has 7 heteroatoms. The van der Waals surface area contributed by atoms with Crippen LogP contribution in [0.15, 0.2) is 53.3 Å². The van der Waals surface area contributed by atoms with Crippen molar-refractivity contribution in [3.63, 3.8) is 0 Å². The predicted octanol–water partition coefficient (Wildman–Crippen LogP) is 2.80. The fourth-order valence-corrected chi connectivity index (χ4v) is 7.05. The summed E-state index contributed by atoms with van der Waals surface area (Å²) in [5, 5.41) is 6.01. The number of urea groups is 1. The van der Waals surface area contributed by atoms with E-state index in [1.54, 1.807) is 6.07 Å². The Morgan fingerprint density at radius 2 is 1.85 bits per heavy atom. The molecule has 0 radical (unpaired) electrons. The summed E-state index contributed by atoms with van der Waals surface area (Å²) in [4.78, 5) is 29.9. The Bertz CT molecular complexity index is 1090. The lowest BCUT2D eigenvalue weighted by atomic mass is 9.74. The van der Waals surface area contributed by atoms with Crippen LogP contribution in [0.4, 0.5) is 10.5 Å². The fraction of sp³-hybridized carbons (Fsp3) is 0.556. The van der Waals surface area contributed by atoms with Crippen LogP contribution in [0, 0.1) is 17.8 Å². The summed E-state index contributed by atoms with van der Waals surface area (Å²) in [5.74, 6) is 2.53. The Morgan fingerprint density at radius 1 is 0.971 bits per heavy atom. The molecule has 2 amide bonds. The number of rotatable bonds is 5. The normalized spacial score (nSPS) is 32.1. The minimum atomic E-state index is -0.121. The molecular weight excluding hydrogens is 426 g/mol. The number of carbonyl (C=O) groups is 1. The maximum absolute atomic E-state index is 12.3. The number of para-hydroxylation sites is 1.